The molecule has 6 heteroatoms. The average Bonchev–Trinajstić information content (AvgIpc) is 3.14. The Morgan fingerprint density at radius 2 is 2.18 bits per heavy atom. The lowest BCUT2D eigenvalue weighted by molar-refractivity contribution is 0.508. The summed E-state index contributed by atoms with van der Waals surface area (Å²) in [5.41, 5.74) is 9.58. The Morgan fingerprint density at radius 1 is 1.27 bits per heavy atom. The Labute approximate surface area is 128 Å². The van der Waals surface area contributed by atoms with Gasteiger partial charge < -0.3 is 11.1 Å². The van der Waals surface area contributed by atoms with E-state index in [0.717, 1.165) is 42.2 Å². The fourth-order valence-electron chi connectivity index (χ4n) is 3.13. The third kappa shape index (κ3) is 1.95. The van der Waals surface area contributed by atoms with Crippen LogP contribution in [0.15, 0.2) is 36.8 Å². The molecule has 4 rings (SSSR count). The standard InChI is InChI=1S/C16H18N6/c1-16(5-6-18-10-16)14-15(17)21-11(8-20-14)12-9-19-13-4-2-3-7-22(12)13/h2-4,7-9,18H,5-6,10H2,1H3,(H2,17,21). The molecule has 1 fully saturated rings. The Bertz CT molecular complexity index is 832. The predicted molar refractivity (Wildman–Crippen MR) is 85.5 cm³/mol. The van der Waals surface area contributed by atoms with E-state index in [1.165, 1.54) is 0 Å². The molecule has 3 aromatic rings. The van der Waals surface area contributed by atoms with Crippen molar-refractivity contribution in [3.05, 3.63) is 42.5 Å². The van der Waals surface area contributed by atoms with E-state index in [9.17, 15) is 0 Å². The van der Waals surface area contributed by atoms with E-state index in [1.807, 2.05) is 28.8 Å². The molecule has 6 nitrogen and oxygen atoms in total. The lowest BCUT2D eigenvalue weighted by Gasteiger charge is -2.23. The zero-order valence-corrected chi connectivity index (χ0v) is 12.5. The van der Waals surface area contributed by atoms with Crippen LogP contribution in [0.3, 0.4) is 0 Å². The van der Waals surface area contributed by atoms with Crippen molar-refractivity contribution in [3.63, 3.8) is 0 Å². The van der Waals surface area contributed by atoms with Gasteiger partial charge in [0, 0.05) is 18.2 Å². The number of nitrogens with zero attached hydrogens (tertiary/aromatic N) is 4. The summed E-state index contributed by atoms with van der Waals surface area (Å²) in [5.74, 6) is 0.509. The van der Waals surface area contributed by atoms with Gasteiger partial charge in [0.15, 0.2) is 0 Å². The van der Waals surface area contributed by atoms with Crippen LogP contribution in [0.5, 0.6) is 0 Å². The first-order valence-corrected chi connectivity index (χ1v) is 7.44. The van der Waals surface area contributed by atoms with Crippen LogP contribution in [0.4, 0.5) is 5.82 Å². The summed E-state index contributed by atoms with van der Waals surface area (Å²) in [6.07, 6.45) is 6.59. The second kappa shape index (κ2) is 4.78. The monoisotopic (exact) mass is 294 g/mol. The number of nitrogen functional groups attached to an aromatic ring is 1. The Kier molecular flexibility index (Phi) is 2.87. The molecule has 1 aliphatic heterocycles. The van der Waals surface area contributed by atoms with Crippen molar-refractivity contribution in [3.8, 4) is 11.4 Å². The molecule has 0 bridgehead atoms. The van der Waals surface area contributed by atoms with Gasteiger partial charge in [-0.3, -0.25) is 9.38 Å². The number of fused-ring (bicyclic) bond motifs is 1. The van der Waals surface area contributed by atoms with Gasteiger partial charge in [0.05, 0.1) is 23.8 Å². The summed E-state index contributed by atoms with van der Waals surface area (Å²) >= 11 is 0. The predicted octanol–water partition coefficient (Wildman–Crippen LogP) is 1.62. The van der Waals surface area contributed by atoms with Crippen molar-refractivity contribution in [2.75, 3.05) is 18.8 Å². The molecular weight excluding hydrogens is 276 g/mol. The first-order chi connectivity index (χ1) is 10.7. The van der Waals surface area contributed by atoms with Crippen molar-refractivity contribution >= 4 is 11.5 Å². The maximum atomic E-state index is 6.21. The van der Waals surface area contributed by atoms with Gasteiger partial charge >= 0.3 is 0 Å². The van der Waals surface area contributed by atoms with Gasteiger partial charge in [0.2, 0.25) is 0 Å². The zero-order chi connectivity index (χ0) is 15.2. The van der Waals surface area contributed by atoms with Crippen molar-refractivity contribution in [1.29, 1.82) is 0 Å². The number of hydrogen-bond donors (Lipinski definition) is 2. The smallest absolute Gasteiger partial charge is 0.146 e. The van der Waals surface area contributed by atoms with Crippen molar-refractivity contribution < 1.29 is 0 Å². The molecule has 22 heavy (non-hydrogen) atoms. The lowest BCUT2D eigenvalue weighted by Crippen LogP contribution is -2.28. The largest absolute Gasteiger partial charge is 0.382 e. The van der Waals surface area contributed by atoms with Crippen LogP contribution >= 0.6 is 0 Å². The van der Waals surface area contributed by atoms with Crippen molar-refractivity contribution in [1.82, 2.24) is 24.7 Å². The number of pyridine rings is 1. The fourth-order valence-corrected chi connectivity index (χ4v) is 3.13. The van der Waals surface area contributed by atoms with E-state index in [1.54, 1.807) is 12.4 Å². The lowest BCUT2D eigenvalue weighted by atomic mass is 9.85. The summed E-state index contributed by atoms with van der Waals surface area (Å²) in [6.45, 7) is 4.06. The van der Waals surface area contributed by atoms with Crippen molar-refractivity contribution in [2.24, 2.45) is 0 Å². The average molecular weight is 294 g/mol. The number of aromatic nitrogens is 4. The fraction of sp³-hybridized carbons (Fsp3) is 0.312. The number of hydrogen-bond acceptors (Lipinski definition) is 5. The van der Waals surface area contributed by atoms with Crippen LogP contribution in [-0.4, -0.2) is 32.4 Å². The van der Waals surface area contributed by atoms with Gasteiger partial charge in [-0.2, -0.15) is 0 Å². The topological polar surface area (TPSA) is 81.1 Å². The van der Waals surface area contributed by atoms with Gasteiger partial charge in [0.1, 0.15) is 17.2 Å². The maximum absolute atomic E-state index is 6.21. The Balaban J connectivity index is 1.80. The molecular formula is C16H18N6. The number of nitrogens with one attached hydrogen (secondary N) is 1. The third-order valence-corrected chi connectivity index (χ3v) is 4.42. The van der Waals surface area contributed by atoms with E-state index in [4.69, 9.17) is 5.73 Å². The highest BCUT2D eigenvalue weighted by Crippen LogP contribution is 2.32. The summed E-state index contributed by atoms with van der Waals surface area (Å²) in [6, 6.07) is 5.89. The summed E-state index contributed by atoms with van der Waals surface area (Å²) < 4.78 is 1.99. The molecule has 4 heterocycles. The van der Waals surface area contributed by atoms with Crippen LogP contribution < -0.4 is 11.1 Å². The number of nitrogens with two attached hydrogens (primary N) is 1. The minimum Gasteiger partial charge on any atom is -0.382 e. The molecule has 0 saturated carbocycles. The highest BCUT2D eigenvalue weighted by molar-refractivity contribution is 5.61. The maximum Gasteiger partial charge on any atom is 0.146 e. The van der Waals surface area contributed by atoms with E-state index in [-0.39, 0.29) is 5.41 Å². The third-order valence-electron chi connectivity index (χ3n) is 4.42. The molecule has 1 aliphatic rings. The summed E-state index contributed by atoms with van der Waals surface area (Å²) in [5, 5.41) is 3.37. The molecule has 0 aromatic carbocycles. The van der Waals surface area contributed by atoms with Crippen LogP contribution in [0.2, 0.25) is 0 Å². The molecule has 3 aromatic heterocycles. The number of rotatable bonds is 2. The molecule has 0 aliphatic carbocycles. The summed E-state index contributed by atoms with van der Waals surface area (Å²) in [7, 11) is 0. The van der Waals surface area contributed by atoms with Crippen LogP contribution in [-0.2, 0) is 5.41 Å². The first-order valence-electron chi connectivity index (χ1n) is 7.44. The first kappa shape index (κ1) is 13.2. The minimum absolute atomic E-state index is 0.0326. The SMILES string of the molecule is CC1(c2ncc(-c3cnc4ccccn34)nc2N)CCNC1. The number of anilines is 1. The van der Waals surface area contributed by atoms with E-state index in [0.29, 0.717) is 5.82 Å². The molecule has 1 atom stereocenters. The molecule has 112 valence electrons. The molecule has 1 unspecified atom stereocenters. The van der Waals surface area contributed by atoms with Crippen LogP contribution in [0.1, 0.15) is 19.0 Å². The molecule has 0 radical (unpaired) electrons. The second-order valence-corrected chi connectivity index (χ2v) is 6.05. The van der Waals surface area contributed by atoms with E-state index < -0.39 is 0 Å². The molecule has 0 spiro atoms. The normalized spacial score (nSPS) is 21.5. The van der Waals surface area contributed by atoms with Crippen LogP contribution in [0.25, 0.3) is 17.0 Å². The summed E-state index contributed by atoms with van der Waals surface area (Å²) in [4.78, 5) is 13.6. The molecule has 0 amide bonds. The van der Waals surface area contributed by atoms with Gasteiger partial charge in [-0.1, -0.05) is 13.0 Å². The highest BCUT2D eigenvalue weighted by atomic mass is 15.0. The van der Waals surface area contributed by atoms with Gasteiger partial charge in [-0.05, 0) is 25.1 Å². The molecule has 3 N–H and O–H groups in total. The quantitative estimate of drug-likeness (QED) is 0.750. The van der Waals surface area contributed by atoms with Crippen LogP contribution in [0, 0.1) is 0 Å². The van der Waals surface area contributed by atoms with Gasteiger partial charge in [-0.15, -0.1) is 0 Å². The van der Waals surface area contributed by atoms with Gasteiger partial charge in [-0.25, -0.2) is 9.97 Å². The Morgan fingerprint density at radius 3 is 2.95 bits per heavy atom. The zero-order valence-electron chi connectivity index (χ0n) is 12.5. The van der Waals surface area contributed by atoms with E-state index >= 15 is 0 Å². The highest BCUT2D eigenvalue weighted by Gasteiger charge is 2.34. The van der Waals surface area contributed by atoms with Crippen molar-refractivity contribution in [2.45, 2.75) is 18.8 Å². The molecule has 1 saturated heterocycles. The number of imidazole rings is 1. The Hall–Kier alpha value is -2.47. The van der Waals surface area contributed by atoms with E-state index in [2.05, 4.69) is 27.2 Å². The minimum atomic E-state index is -0.0326. The second-order valence-electron chi connectivity index (χ2n) is 6.05. The van der Waals surface area contributed by atoms with Gasteiger partial charge in [0.25, 0.3) is 0 Å².